The fourth-order valence-electron chi connectivity index (χ4n) is 2.25. The topological polar surface area (TPSA) is 54.3 Å². The molecule has 20 heavy (non-hydrogen) atoms. The summed E-state index contributed by atoms with van der Waals surface area (Å²) in [6.45, 7) is 5.72. The van der Waals surface area contributed by atoms with Crippen molar-refractivity contribution in [1.29, 1.82) is 0 Å². The molecule has 0 saturated carbocycles. The van der Waals surface area contributed by atoms with E-state index in [0.717, 1.165) is 35.1 Å². The van der Waals surface area contributed by atoms with Crippen LogP contribution >= 0.6 is 0 Å². The molecule has 2 aromatic rings. The zero-order valence-corrected chi connectivity index (χ0v) is 12.4. The van der Waals surface area contributed by atoms with E-state index >= 15 is 0 Å². The Morgan fingerprint density at radius 3 is 2.80 bits per heavy atom. The molecule has 0 bridgehead atoms. The summed E-state index contributed by atoms with van der Waals surface area (Å²) in [6.07, 6.45) is 3.01. The van der Waals surface area contributed by atoms with E-state index in [-0.39, 0.29) is 5.91 Å². The smallest absolute Gasteiger partial charge is 0.224 e. The maximum absolute atomic E-state index is 11.9. The minimum Gasteiger partial charge on any atom is -0.464 e. The van der Waals surface area contributed by atoms with Crippen LogP contribution in [0.15, 0.2) is 22.8 Å². The van der Waals surface area contributed by atoms with Gasteiger partial charge in [0.2, 0.25) is 5.91 Å². The number of amides is 1. The molecule has 0 atom stereocenters. The van der Waals surface area contributed by atoms with Crippen molar-refractivity contribution in [3.8, 4) is 0 Å². The van der Waals surface area contributed by atoms with Crippen molar-refractivity contribution in [2.24, 2.45) is 0 Å². The average molecular weight is 274 g/mol. The number of furan rings is 1. The number of benzene rings is 1. The van der Waals surface area contributed by atoms with E-state index in [2.05, 4.69) is 23.6 Å². The van der Waals surface area contributed by atoms with Gasteiger partial charge in [0.05, 0.1) is 12.7 Å². The highest BCUT2D eigenvalue weighted by atomic mass is 16.3. The zero-order valence-electron chi connectivity index (χ0n) is 12.4. The van der Waals surface area contributed by atoms with Crippen molar-refractivity contribution >= 4 is 16.9 Å². The van der Waals surface area contributed by atoms with Gasteiger partial charge < -0.3 is 15.1 Å². The Balaban J connectivity index is 2.03. The molecule has 0 saturated heterocycles. The summed E-state index contributed by atoms with van der Waals surface area (Å²) in [5.74, 6) is 0.0435. The van der Waals surface area contributed by atoms with Crippen LogP contribution in [0.3, 0.4) is 0 Å². The molecule has 0 aliphatic heterocycles. The van der Waals surface area contributed by atoms with E-state index < -0.39 is 0 Å². The first-order valence-corrected chi connectivity index (χ1v) is 7.01. The van der Waals surface area contributed by atoms with Crippen molar-refractivity contribution in [2.45, 2.75) is 26.7 Å². The Morgan fingerprint density at radius 2 is 2.05 bits per heavy atom. The summed E-state index contributed by atoms with van der Waals surface area (Å²) in [5, 5.41) is 7.02. The molecule has 0 spiro atoms. The molecule has 2 N–H and O–H groups in total. The van der Waals surface area contributed by atoms with Gasteiger partial charge in [-0.15, -0.1) is 0 Å². The quantitative estimate of drug-likeness (QED) is 0.795. The predicted octanol–water partition coefficient (Wildman–Crippen LogP) is 2.32. The second-order valence-corrected chi connectivity index (χ2v) is 5.13. The van der Waals surface area contributed by atoms with Crippen molar-refractivity contribution in [3.63, 3.8) is 0 Å². The second kappa shape index (κ2) is 6.57. The standard InChI is InChI=1S/C16H22N2O2/c1-11-5-6-14-13(10-20-16(14)12(11)2)9-15(19)18-8-4-7-17-3/h5-6,10,17H,4,7-9H2,1-3H3,(H,18,19). The Bertz CT molecular complexity index is 602. The number of carbonyl (C=O) groups is 1. The van der Waals surface area contributed by atoms with Gasteiger partial charge in [0, 0.05) is 17.5 Å². The summed E-state index contributed by atoms with van der Waals surface area (Å²) < 4.78 is 5.61. The number of carbonyl (C=O) groups excluding carboxylic acids is 1. The molecular weight excluding hydrogens is 252 g/mol. The number of hydrogen-bond donors (Lipinski definition) is 2. The van der Waals surface area contributed by atoms with Crippen LogP contribution in [0, 0.1) is 13.8 Å². The molecule has 0 fully saturated rings. The van der Waals surface area contributed by atoms with Crippen LogP contribution in [0.2, 0.25) is 0 Å². The van der Waals surface area contributed by atoms with Crippen LogP contribution < -0.4 is 10.6 Å². The lowest BCUT2D eigenvalue weighted by Crippen LogP contribution is -2.27. The normalized spacial score (nSPS) is 10.9. The third kappa shape index (κ3) is 3.20. The van der Waals surface area contributed by atoms with Crippen LogP contribution in [-0.2, 0) is 11.2 Å². The first kappa shape index (κ1) is 14.6. The van der Waals surface area contributed by atoms with E-state index in [1.165, 1.54) is 5.56 Å². The molecular formula is C16H22N2O2. The molecule has 2 rings (SSSR count). The van der Waals surface area contributed by atoms with Gasteiger partial charge in [-0.2, -0.15) is 0 Å². The van der Waals surface area contributed by atoms with Gasteiger partial charge in [-0.05, 0) is 45.0 Å². The monoisotopic (exact) mass is 274 g/mol. The Morgan fingerprint density at radius 1 is 1.25 bits per heavy atom. The van der Waals surface area contributed by atoms with Crippen molar-refractivity contribution in [3.05, 3.63) is 35.1 Å². The fourth-order valence-corrected chi connectivity index (χ4v) is 2.25. The van der Waals surface area contributed by atoms with E-state index in [1.807, 2.05) is 20.0 Å². The number of aryl methyl sites for hydroxylation is 2. The van der Waals surface area contributed by atoms with Gasteiger partial charge >= 0.3 is 0 Å². The maximum Gasteiger partial charge on any atom is 0.224 e. The minimum absolute atomic E-state index is 0.0435. The summed E-state index contributed by atoms with van der Waals surface area (Å²) in [5.41, 5.74) is 4.19. The molecule has 1 heterocycles. The molecule has 1 amide bonds. The second-order valence-electron chi connectivity index (χ2n) is 5.13. The van der Waals surface area contributed by atoms with E-state index in [1.54, 1.807) is 6.26 Å². The Hall–Kier alpha value is -1.81. The van der Waals surface area contributed by atoms with Crippen LogP contribution in [0.4, 0.5) is 0 Å². The van der Waals surface area contributed by atoms with E-state index in [4.69, 9.17) is 4.42 Å². The lowest BCUT2D eigenvalue weighted by atomic mass is 10.0. The number of fused-ring (bicyclic) bond motifs is 1. The summed E-state index contributed by atoms with van der Waals surface area (Å²) in [7, 11) is 1.91. The van der Waals surface area contributed by atoms with Crippen LogP contribution in [0.5, 0.6) is 0 Å². The number of rotatable bonds is 6. The SMILES string of the molecule is CNCCCNC(=O)Cc1coc2c(C)c(C)ccc12. The largest absolute Gasteiger partial charge is 0.464 e. The van der Waals surface area contributed by atoms with E-state index in [0.29, 0.717) is 13.0 Å². The van der Waals surface area contributed by atoms with Gasteiger partial charge in [-0.25, -0.2) is 0 Å². The highest BCUT2D eigenvalue weighted by Crippen LogP contribution is 2.26. The van der Waals surface area contributed by atoms with Gasteiger partial charge in [0.25, 0.3) is 0 Å². The lowest BCUT2D eigenvalue weighted by Gasteiger charge is -2.04. The van der Waals surface area contributed by atoms with Crippen LogP contribution in [-0.4, -0.2) is 26.0 Å². The molecule has 0 radical (unpaired) electrons. The third-order valence-electron chi connectivity index (χ3n) is 3.62. The number of hydrogen-bond acceptors (Lipinski definition) is 3. The van der Waals surface area contributed by atoms with Gasteiger partial charge in [0.1, 0.15) is 5.58 Å². The Labute approximate surface area is 119 Å². The number of nitrogens with one attached hydrogen (secondary N) is 2. The van der Waals surface area contributed by atoms with Crippen molar-refractivity contribution in [2.75, 3.05) is 20.1 Å². The summed E-state index contributed by atoms with van der Waals surface area (Å²) in [6, 6.07) is 4.10. The molecule has 4 nitrogen and oxygen atoms in total. The maximum atomic E-state index is 11.9. The van der Waals surface area contributed by atoms with Crippen molar-refractivity contribution < 1.29 is 9.21 Å². The molecule has 0 unspecified atom stereocenters. The summed E-state index contributed by atoms with van der Waals surface area (Å²) in [4.78, 5) is 11.9. The van der Waals surface area contributed by atoms with Crippen molar-refractivity contribution in [1.82, 2.24) is 10.6 Å². The predicted molar refractivity (Wildman–Crippen MR) is 80.9 cm³/mol. The molecule has 0 aliphatic rings. The van der Waals surface area contributed by atoms with Crippen LogP contribution in [0.25, 0.3) is 11.0 Å². The summed E-state index contributed by atoms with van der Waals surface area (Å²) >= 11 is 0. The first-order valence-electron chi connectivity index (χ1n) is 7.01. The molecule has 4 heteroatoms. The third-order valence-corrected chi connectivity index (χ3v) is 3.62. The highest BCUT2D eigenvalue weighted by molar-refractivity contribution is 5.89. The van der Waals surface area contributed by atoms with Gasteiger partial charge in [0.15, 0.2) is 0 Å². The van der Waals surface area contributed by atoms with Crippen LogP contribution in [0.1, 0.15) is 23.1 Å². The molecule has 0 aliphatic carbocycles. The van der Waals surface area contributed by atoms with Gasteiger partial charge in [-0.1, -0.05) is 12.1 Å². The zero-order chi connectivity index (χ0) is 14.5. The minimum atomic E-state index is 0.0435. The highest BCUT2D eigenvalue weighted by Gasteiger charge is 2.12. The lowest BCUT2D eigenvalue weighted by molar-refractivity contribution is -0.120. The average Bonchev–Trinajstić information content (AvgIpc) is 2.83. The first-order chi connectivity index (χ1) is 9.63. The van der Waals surface area contributed by atoms with E-state index in [9.17, 15) is 4.79 Å². The fraction of sp³-hybridized carbons (Fsp3) is 0.438. The molecule has 1 aromatic heterocycles. The molecule has 108 valence electrons. The Kier molecular flexibility index (Phi) is 4.79. The molecule has 1 aromatic carbocycles. The van der Waals surface area contributed by atoms with Gasteiger partial charge in [-0.3, -0.25) is 4.79 Å².